The second-order valence-corrected chi connectivity index (χ2v) is 11.1. The van der Waals surface area contributed by atoms with Crippen LogP contribution in [0.3, 0.4) is 0 Å². The third kappa shape index (κ3) is 8.42. The van der Waals surface area contributed by atoms with E-state index in [9.17, 15) is 14.4 Å². The topological polar surface area (TPSA) is 84.9 Å². The van der Waals surface area contributed by atoms with Crippen LogP contribution in [0.25, 0.3) is 0 Å². The maximum atomic E-state index is 13.8. The monoisotopic (exact) mass is 522 g/mol. The summed E-state index contributed by atoms with van der Waals surface area (Å²) in [4.78, 5) is 42.0. The van der Waals surface area contributed by atoms with Crippen molar-refractivity contribution in [1.29, 1.82) is 0 Å². The standard InChI is InChI=1S/C31H42N2O5/c1-6-22(7-2)18-27(34)28-25(32-30(36)37-21-24-16-12-9-13-17-24)19-26(29(35)38-31(3,4)5)33(28)20-23-14-10-8-11-15-23/h8-17,22,25-26,28H,6-7,18-21H2,1-5H3,(H,32,36)/t25-,26-,28?/m1/s1. The van der Waals surface area contributed by atoms with Crippen LogP contribution in [0.15, 0.2) is 60.7 Å². The molecule has 1 aliphatic heterocycles. The number of likely N-dealkylation sites (tertiary alicyclic amines) is 1. The number of carbonyl (C=O) groups excluding carboxylic acids is 3. The van der Waals surface area contributed by atoms with Gasteiger partial charge in [0.05, 0.1) is 12.1 Å². The van der Waals surface area contributed by atoms with Crippen molar-refractivity contribution in [3.8, 4) is 0 Å². The van der Waals surface area contributed by atoms with Crippen LogP contribution in [0.2, 0.25) is 0 Å². The summed E-state index contributed by atoms with van der Waals surface area (Å²) in [6, 6.07) is 17.3. The summed E-state index contributed by atoms with van der Waals surface area (Å²) in [6.45, 7) is 10.2. The van der Waals surface area contributed by atoms with Crippen molar-refractivity contribution < 1.29 is 23.9 Å². The number of hydrogen-bond acceptors (Lipinski definition) is 6. The molecule has 2 aromatic carbocycles. The van der Waals surface area contributed by atoms with Gasteiger partial charge in [-0.1, -0.05) is 87.4 Å². The molecule has 0 aliphatic carbocycles. The smallest absolute Gasteiger partial charge is 0.407 e. The van der Waals surface area contributed by atoms with E-state index in [1.165, 1.54) is 0 Å². The lowest BCUT2D eigenvalue weighted by molar-refractivity contribution is -0.161. The van der Waals surface area contributed by atoms with E-state index in [1.54, 1.807) is 0 Å². The van der Waals surface area contributed by atoms with Crippen molar-refractivity contribution >= 4 is 17.8 Å². The molecule has 1 saturated heterocycles. The highest BCUT2D eigenvalue weighted by atomic mass is 16.6. The van der Waals surface area contributed by atoms with Gasteiger partial charge in [0.15, 0.2) is 5.78 Å². The van der Waals surface area contributed by atoms with Gasteiger partial charge in [-0.15, -0.1) is 0 Å². The molecule has 0 radical (unpaired) electrons. The third-order valence-corrected chi connectivity index (χ3v) is 6.99. The number of benzene rings is 2. The number of amides is 1. The molecule has 0 bridgehead atoms. The Hall–Kier alpha value is -3.19. The molecule has 206 valence electrons. The molecule has 2 aromatic rings. The van der Waals surface area contributed by atoms with Gasteiger partial charge < -0.3 is 14.8 Å². The first-order valence-electron chi connectivity index (χ1n) is 13.6. The van der Waals surface area contributed by atoms with E-state index in [0.29, 0.717) is 13.0 Å². The Labute approximate surface area is 226 Å². The van der Waals surface area contributed by atoms with E-state index in [0.717, 1.165) is 24.0 Å². The maximum absolute atomic E-state index is 13.8. The molecule has 7 heteroatoms. The average molecular weight is 523 g/mol. The van der Waals surface area contributed by atoms with Crippen molar-refractivity contribution in [3.63, 3.8) is 0 Å². The Bertz CT molecular complexity index is 1050. The van der Waals surface area contributed by atoms with Gasteiger partial charge in [0.1, 0.15) is 18.2 Å². The number of ether oxygens (including phenoxy) is 2. The quantitative estimate of drug-likeness (QED) is 0.383. The van der Waals surface area contributed by atoms with Gasteiger partial charge in [-0.3, -0.25) is 14.5 Å². The number of nitrogens with zero attached hydrogens (tertiary/aromatic N) is 1. The van der Waals surface area contributed by atoms with Gasteiger partial charge in [-0.2, -0.15) is 0 Å². The van der Waals surface area contributed by atoms with Gasteiger partial charge in [0.25, 0.3) is 0 Å². The molecule has 1 heterocycles. The number of alkyl carbamates (subject to hydrolysis) is 1. The second-order valence-electron chi connectivity index (χ2n) is 11.1. The van der Waals surface area contributed by atoms with E-state index in [2.05, 4.69) is 19.2 Å². The first-order valence-corrected chi connectivity index (χ1v) is 13.6. The fourth-order valence-corrected chi connectivity index (χ4v) is 4.98. The van der Waals surface area contributed by atoms with Crippen molar-refractivity contribution in [3.05, 3.63) is 71.8 Å². The lowest BCUT2D eigenvalue weighted by Crippen LogP contribution is -2.51. The van der Waals surface area contributed by atoms with Crippen LogP contribution in [0.5, 0.6) is 0 Å². The average Bonchev–Trinajstić information content (AvgIpc) is 3.23. The number of hydrogen-bond donors (Lipinski definition) is 1. The molecule has 1 N–H and O–H groups in total. The van der Waals surface area contributed by atoms with Crippen molar-refractivity contribution in [1.82, 2.24) is 10.2 Å². The highest BCUT2D eigenvalue weighted by Crippen LogP contribution is 2.32. The van der Waals surface area contributed by atoms with E-state index in [-0.39, 0.29) is 24.7 Å². The fourth-order valence-electron chi connectivity index (χ4n) is 4.98. The minimum absolute atomic E-state index is 0.0223. The Morgan fingerprint density at radius 3 is 2.08 bits per heavy atom. The summed E-state index contributed by atoms with van der Waals surface area (Å²) in [6.07, 6.45) is 1.83. The van der Waals surface area contributed by atoms with Crippen LogP contribution in [-0.2, 0) is 32.2 Å². The van der Waals surface area contributed by atoms with Crippen molar-refractivity contribution in [2.24, 2.45) is 5.92 Å². The van der Waals surface area contributed by atoms with E-state index in [1.807, 2.05) is 86.3 Å². The fraction of sp³-hybridized carbons (Fsp3) is 0.516. The highest BCUT2D eigenvalue weighted by Gasteiger charge is 2.49. The molecule has 1 fully saturated rings. The Kier molecular flexibility index (Phi) is 10.5. The van der Waals surface area contributed by atoms with E-state index < -0.39 is 35.8 Å². The molecule has 0 saturated carbocycles. The largest absolute Gasteiger partial charge is 0.459 e. The molecule has 0 aromatic heterocycles. The zero-order valence-corrected chi connectivity index (χ0v) is 23.3. The number of esters is 1. The van der Waals surface area contributed by atoms with E-state index >= 15 is 0 Å². The van der Waals surface area contributed by atoms with Crippen LogP contribution in [0.1, 0.15) is 71.4 Å². The highest BCUT2D eigenvalue weighted by molar-refractivity contribution is 5.88. The minimum Gasteiger partial charge on any atom is -0.459 e. The predicted octanol–water partition coefficient (Wildman–Crippen LogP) is 5.66. The van der Waals surface area contributed by atoms with Crippen LogP contribution < -0.4 is 5.32 Å². The van der Waals surface area contributed by atoms with Gasteiger partial charge in [0, 0.05) is 13.0 Å². The van der Waals surface area contributed by atoms with Crippen LogP contribution in [0.4, 0.5) is 4.79 Å². The van der Waals surface area contributed by atoms with Gasteiger partial charge in [-0.05, 0) is 44.2 Å². The second kappa shape index (κ2) is 13.6. The summed E-state index contributed by atoms with van der Waals surface area (Å²) in [5, 5.41) is 2.92. The molecule has 1 unspecified atom stereocenters. The molecule has 38 heavy (non-hydrogen) atoms. The molecule has 1 aliphatic rings. The zero-order chi connectivity index (χ0) is 27.7. The number of Topliss-reactive ketones (excluding diaryl/α,β-unsaturated/α-hetero) is 1. The Balaban J connectivity index is 1.88. The van der Waals surface area contributed by atoms with Gasteiger partial charge in [0.2, 0.25) is 0 Å². The van der Waals surface area contributed by atoms with Gasteiger partial charge in [-0.25, -0.2) is 4.79 Å². The van der Waals surface area contributed by atoms with Crippen molar-refractivity contribution in [2.75, 3.05) is 0 Å². The Morgan fingerprint density at radius 2 is 1.53 bits per heavy atom. The molecule has 0 spiro atoms. The molecular weight excluding hydrogens is 480 g/mol. The molecule has 3 rings (SSSR count). The number of ketones is 1. The van der Waals surface area contributed by atoms with E-state index in [4.69, 9.17) is 9.47 Å². The van der Waals surface area contributed by atoms with Crippen molar-refractivity contribution in [2.45, 2.75) is 97.2 Å². The predicted molar refractivity (Wildman–Crippen MR) is 147 cm³/mol. The summed E-state index contributed by atoms with van der Waals surface area (Å²) >= 11 is 0. The molecular formula is C31H42N2O5. The van der Waals surface area contributed by atoms with Gasteiger partial charge >= 0.3 is 12.1 Å². The SMILES string of the molecule is CCC(CC)CC(=O)C1[C@H](NC(=O)OCc2ccccc2)C[C@H](C(=O)OC(C)(C)C)N1Cc1ccccc1. The maximum Gasteiger partial charge on any atom is 0.407 e. The summed E-state index contributed by atoms with van der Waals surface area (Å²) < 4.78 is 11.2. The lowest BCUT2D eigenvalue weighted by atomic mass is 9.91. The molecule has 1 amide bonds. The lowest BCUT2D eigenvalue weighted by Gasteiger charge is -2.32. The Morgan fingerprint density at radius 1 is 0.947 bits per heavy atom. The number of nitrogens with one attached hydrogen (secondary N) is 1. The number of rotatable bonds is 11. The zero-order valence-electron chi connectivity index (χ0n) is 23.3. The normalized spacial score (nSPS) is 19.8. The third-order valence-electron chi connectivity index (χ3n) is 6.99. The van der Waals surface area contributed by atoms with Crippen LogP contribution >= 0.6 is 0 Å². The van der Waals surface area contributed by atoms with Crippen LogP contribution in [-0.4, -0.2) is 46.5 Å². The summed E-state index contributed by atoms with van der Waals surface area (Å²) in [5.41, 5.74) is 1.17. The summed E-state index contributed by atoms with van der Waals surface area (Å²) in [5.74, 6) is -0.128. The first-order chi connectivity index (χ1) is 18.1. The minimum atomic E-state index is -0.676. The number of carbonyl (C=O) groups is 3. The molecule has 7 nitrogen and oxygen atoms in total. The first kappa shape index (κ1) is 29.4. The molecule has 3 atom stereocenters. The summed E-state index contributed by atoms with van der Waals surface area (Å²) in [7, 11) is 0. The van der Waals surface area contributed by atoms with Crippen LogP contribution in [0, 0.1) is 5.92 Å².